The van der Waals surface area contributed by atoms with Crippen LogP contribution in [0.5, 0.6) is 0 Å². The number of aliphatic hydroxyl groups is 2. The van der Waals surface area contributed by atoms with E-state index < -0.39 is 18.2 Å². The molecular weight excluding hydrogens is 596 g/mol. The summed E-state index contributed by atoms with van der Waals surface area (Å²) in [5.74, 6) is -0.730. The van der Waals surface area contributed by atoms with Crippen LogP contribution in [0.3, 0.4) is 0 Å². The quantitative estimate of drug-likeness (QED) is 0.0470. The summed E-state index contributed by atoms with van der Waals surface area (Å²) in [6.45, 7) is 2.67. The molecule has 0 amide bonds. The minimum Gasteiger partial charge on any atom is -0.481 e. The lowest BCUT2D eigenvalue weighted by molar-refractivity contribution is -0.137. The summed E-state index contributed by atoms with van der Waals surface area (Å²) in [7, 11) is 0. The third-order valence-corrected chi connectivity index (χ3v) is 7.78. The topological polar surface area (TPSA) is 87.0 Å². The zero-order valence-corrected chi connectivity index (χ0v) is 30.3. The Morgan fingerprint density at radius 2 is 0.938 bits per heavy atom. The Balaban J connectivity index is 3.69. The maximum Gasteiger partial charge on any atom is 0.303 e. The molecule has 0 saturated carbocycles. The van der Waals surface area contributed by atoms with E-state index in [0.29, 0.717) is 19.4 Å². The number of rotatable bonds is 34. The predicted octanol–water partition coefficient (Wildman–Crippen LogP) is 11.5. The Labute approximate surface area is 294 Å². The van der Waals surface area contributed by atoms with Crippen molar-refractivity contribution in [3.8, 4) is 0 Å². The molecule has 0 aliphatic carbocycles. The van der Waals surface area contributed by atoms with Crippen LogP contribution in [-0.4, -0.2) is 46.7 Å². The lowest BCUT2D eigenvalue weighted by Gasteiger charge is -2.21. The molecule has 48 heavy (non-hydrogen) atoms. The number of hydrogen-bond donors (Lipinski definition) is 3. The minimum absolute atomic E-state index is 0.141. The van der Waals surface area contributed by atoms with Crippen LogP contribution in [0.25, 0.3) is 0 Å². The van der Waals surface area contributed by atoms with Gasteiger partial charge in [0.25, 0.3) is 0 Å². The zero-order valence-electron chi connectivity index (χ0n) is 30.3. The Morgan fingerprint density at radius 1 is 0.542 bits per heavy atom. The van der Waals surface area contributed by atoms with Gasteiger partial charge in [0.2, 0.25) is 0 Å². The van der Waals surface area contributed by atoms with Crippen LogP contribution >= 0.6 is 0 Å². The highest BCUT2D eigenvalue weighted by atomic mass is 16.5. The van der Waals surface area contributed by atoms with E-state index in [0.717, 1.165) is 89.9 Å². The summed E-state index contributed by atoms with van der Waals surface area (Å²) in [5.41, 5.74) is 0. The Kier molecular flexibility index (Phi) is 36.5. The molecule has 0 saturated heterocycles. The van der Waals surface area contributed by atoms with Crippen molar-refractivity contribution in [2.24, 2.45) is 0 Å². The number of allylic oxidation sites excluding steroid dienone is 16. The van der Waals surface area contributed by atoms with Gasteiger partial charge in [0.1, 0.15) is 6.10 Å². The predicted molar refractivity (Wildman–Crippen MR) is 206 cm³/mol. The molecule has 0 aromatic carbocycles. The van der Waals surface area contributed by atoms with E-state index in [1.165, 1.54) is 25.7 Å². The van der Waals surface area contributed by atoms with Crippen molar-refractivity contribution < 1.29 is 24.9 Å². The summed E-state index contributed by atoms with van der Waals surface area (Å²) in [4.78, 5) is 10.5. The summed E-state index contributed by atoms with van der Waals surface area (Å²) in [6.07, 6.45) is 54.4. The van der Waals surface area contributed by atoms with E-state index in [1.54, 1.807) is 0 Å². The molecule has 2 unspecified atom stereocenters. The number of ether oxygens (including phenoxy) is 1. The molecule has 272 valence electrons. The Morgan fingerprint density at radius 3 is 1.35 bits per heavy atom. The monoisotopic (exact) mass is 667 g/mol. The van der Waals surface area contributed by atoms with Crippen molar-refractivity contribution in [3.63, 3.8) is 0 Å². The van der Waals surface area contributed by atoms with E-state index in [-0.39, 0.29) is 13.0 Å². The maximum atomic E-state index is 10.5. The van der Waals surface area contributed by atoms with Crippen LogP contribution in [0.4, 0.5) is 0 Å². The molecule has 3 N–H and O–H groups in total. The first-order chi connectivity index (χ1) is 23.6. The molecule has 0 radical (unpaired) electrons. The molecule has 0 fully saturated rings. The molecular formula is C43H70O5. The lowest BCUT2D eigenvalue weighted by atomic mass is 10.0. The first-order valence-electron chi connectivity index (χ1n) is 18.9. The molecule has 0 bridgehead atoms. The SMILES string of the molecule is CCCCCC=CCC=CCC=CCC=CCCCCOC(CO)C(O)CCCCCC=CCC=CCC=CCC=CCCCC(=O)O. The molecule has 5 nitrogen and oxygen atoms in total. The van der Waals surface area contributed by atoms with Gasteiger partial charge in [-0.2, -0.15) is 0 Å². The molecule has 0 aliphatic heterocycles. The molecule has 0 heterocycles. The van der Waals surface area contributed by atoms with Crippen LogP contribution < -0.4 is 0 Å². The van der Waals surface area contributed by atoms with Crippen molar-refractivity contribution in [3.05, 3.63) is 97.2 Å². The van der Waals surface area contributed by atoms with E-state index in [9.17, 15) is 15.0 Å². The van der Waals surface area contributed by atoms with Gasteiger partial charge in [0.15, 0.2) is 0 Å². The van der Waals surface area contributed by atoms with Gasteiger partial charge in [-0.3, -0.25) is 4.79 Å². The fourth-order valence-corrected chi connectivity index (χ4v) is 4.84. The molecule has 5 heteroatoms. The fraction of sp³-hybridized carbons (Fsp3) is 0.605. The number of aliphatic carboxylic acids is 1. The minimum atomic E-state index is -0.730. The number of carboxylic acid groups (broad SMARTS) is 1. The van der Waals surface area contributed by atoms with Crippen LogP contribution in [0.2, 0.25) is 0 Å². The van der Waals surface area contributed by atoms with E-state index in [4.69, 9.17) is 9.84 Å². The number of aliphatic hydroxyl groups excluding tert-OH is 2. The van der Waals surface area contributed by atoms with Crippen molar-refractivity contribution in [2.75, 3.05) is 13.2 Å². The van der Waals surface area contributed by atoms with Crippen molar-refractivity contribution in [1.29, 1.82) is 0 Å². The third kappa shape index (κ3) is 36.1. The van der Waals surface area contributed by atoms with Crippen molar-refractivity contribution in [2.45, 2.75) is 154 Å². The standard InChI is InChI=1S/C43H70O5/c1-2-3-4-5-6-7-8-9-10-11-15-18-21-24-27-30-33-36-39-48-42(40-44)41(45)37-34-31-28-25-22-19-16-13-12-14-17-20-23-26-29-32-35-38-43(46)47/h6-7,9-10,12-13,15,17-20,22,24,26-27,29,41-42,44-45H,2-5,8,11,14,16,21,23,25,28,30-40H2,1H3,(H,46,47). The van der Waals surface area contributed by atoms with Crippen LogP contribution in [0.1, 0.15) is 142 Å². The number of unbranched alkanes of at least 4 members (excludes halogenated alkanes) is 9. The van der Waals surface area contributed by atoms with Gasteiger partial charge in [0, 0.05) is 13.0 Å². The van der Waals surface area contributed by atoms with Gasteiger partial charge in [-0.25, -0.2) is 0 Å². The van der Waals surface area contributed by atoms with E-state index in [1.807, 2.05) is 0 Å². The molecule has 0 aromatic heterocycles. The van der Waals surface area contributed by atoms with Gasteiger partial charge in [0.05, 0.1) is 12.7 Å². The first-order valence-corrected chi connectivity index (χ1v) is 18.9. The highest BCUT2D eigenvalue weighted by Crippen LogP contribution is 2.12. The lowest BCUT2D eigenvalue weighted by Crippen LogP contribution is -2.32. The zero-order chi connectivity index (χ0) is 35.0. The highest BCUT2D eigenvalue weighted by Gasteiger charge is 2.18. The van der Waals surface area contributed by atoms with Crippen LogP contribution in [0, 0.1) is 0 Å². The summed E-state index contributed by atoms with van der Waals surface area (Å²) in [6, 6.07) is 0. The van der Waals surface area contributed by atoms with Gasteiger partial charge in [-0.1, -0.05) is 130 Å². The number of carboxylic acids is 1. The second kappa shape index (κ2) is 38.7. The Bertz CT molecular complexity index is 937. The summed E-state index contributed by atoms with van der Waals surface area (Å²) in [5, 5.41) is 28.7. The third-order valence-electron chi connectivity index (χ3n) is 7.78. The van der Waals surface area contributed by atoms with Crippen LogP contribution in [-0.2, 0) is 9.53 Å². The largest absolute Gasteiger partial charge is 0.481 e. The first kappa shape index (κ1) is 45.3. The normalized spacial score (nSPS) is 14.2. The average molecular weight is 667 g/mol. The molecule has 0 spiro atoms. The second-order valence-electron chi connectivity index (χ2n) is 12.3. The molecule has 0 aromatic rings. The molecule has 0 aliphatic rings. The van der Waals surface area contributed by atoms with Gasteiger partial charge < -0.3 is 20.1 Å². The summed E-state index contributed by atoms with van der Waals surface area (Å²) < 4.78 is 5.79. The summed E-state index contributed by atoms with van der Waals surface area (Å²) >= 11 is 0. The Hall–Kier alpha value is -2.73. The second-order valence-corrected chi connectivity index (χ2v) is 12.3. The fourth-order valence-electron chi connectivity index (χ4n) is 4.84. The smallest absolute Gasteiger partial charge is 0.303 e. The molecule has 2 atom stereocenters. The van der Waals surface area contributed by atoms with Crippen molar-refractivity contribution in [1.82, 2.24) is 0 Å². The highest BCUT2D eigenvalue weighted by molar-refractivity contribution is 5.66. The van der Waals surface area contributed by atoms with Gasteiger partial charge in [-0.15, -0.1) is 0 Å². The average Bonchev–Trinajstić information content (AvgIpc) is 3.08. The number of carbonyl (C=O) groups is 1. The molecule has 0 rings (SSSR count). The maximum absolute atomic E-state index is 10.5. The van der Waals surface area contributed by atoms with Gasteiger partial charge >= 0.3 is 5.97 Å². The number of hydrogen-bond acceptors (Lipinski definition) is 4. The van der Waals surface area contributed by atoms with Crippen molar-refractivity contribution >= 4 is 5.97 Å². The van der Waals surface area contributed by atoms with Gasteiger partial charge in [-0.05, 0) is 103 Å². The van der Waals surface area contributed by atoms with E-state index in [2.05, 4.69) is 104 Å². The van der Waals surface area contributed by atoms with E-state index >= 15 is 0 Å². The van der Waals surface area contributed by atoms with Crippen LogP contribution in [0.15, 0.2) is 97.2 Å².